The Morgan fingerprint density at radius 2 is 1.65 bits per heavy atom. The summed E-state index contributed by atoms with van der Waals surface area (Å²) in [5.74, 6) is -4.79. The van der Waals surface area contributed by atoms with Crippen LogP contribution in [0.3, 0.4) is 0 Å². The molecule has 0 amide bonds. The van der Waals surface area contributed by atoms with Crippen LogP contribution >= 0.6 is 0 Å². The highest BCUT2D eigenvalue weighted by Gasteiger charge is 2.49. The third-order valence-corrected chi connectivity index (χ3v) is 6.35. The van der Waals surface area contributed by atoms with Crippen molar-refractivity contribution in [2.75, 3.05) is 40.4 Å². The second-order valence-corrected chi connectivity index (χ2v) is 9.07. The Morgan fingerprint density at radius 1 is 1.08 bits per heavy atom. The summed E-state index contributed by atoms with van der Waals surface area (Å²) in [4.78, 5) is 26.3. The number of carboxylic acid groups (broad SMARTS) is 2. The van der Waals surface area contributed by atoms with Crippen molar-refractivity contribution in [1.29, 1.82) is 0 Å². The van der Waals surface area contributed by atoms with Gasteiger partial charge in [-0.3, -0.25) is 9.80 Å². The van der Waals surface area contributed by atoms with Gasteiger partial charge in [-0.15, -0.1) is 0 Å². The van der Waals surface area contributed by atoms with Crippen molar-refractivity contribution in [3.63, 3.8) is 0 Å². The van der Waals surface area contributed by atoms with Crippen molar-refractivity contribution in [1.82, 2.24) is 14.8 Å². The standard InChI is InChI=1S/C19H27N3O.2C2HF3O2/c1-21-9-7-15(12-23-2)10-19(21)13-22(14-19)11-16-4-3-5-18-17(16)6-8-20-18;2*3-2(4,5)1(6)7/h3-6,8,15,20H,7,9-14H2,1-2H3;2*(H,6,7). The van der Waals surface area contributed by atoms with E-state index in [1.54, 1.807) is 0 Å². The molecule has 2 aromatic rings. The van der Waals surface area contributed by atoms with E-state index in [1.165, 1.54) is 48.9 Å². The van der Waals surface area contributed by atoms with E-state index >= 15 is 0 Å². The van der Waals surface area contributed by atoms with Gasteiger partial charge >= 0.3 is 24.3 Å². The summed E-state index contributed by atoms with van der Waals surface area (Å²) in [5, 5.41) is 15.6. The summed E-state index contributed by atoms with van der Waals surface area (Å²) in [6, 6.07) is 8.77. The van der Waals surface area contributed by atoms with Crippen LogP contribution in [-0.4, -0.2) is 95.2 Å². The maximum atomic E-state index is 10.6. The number of rotatable bonds is 4. The lowest BCUT2D eigenvalue weighted by molar-refractivity contribution is -0.193. The van der Waals surface area contributed by atoms with E-state index < -0.39 is 24.3 Å². The predicted molar refractivity (Wildman–Crippen MR) is 121 cm³/mol. The third-order valence-electron chi connectivity index (χ3n) is 6.35. The molecule has 1 aromatic carbocycles. The van der Waals surface area contributed by atoms with Crippen LogP contribution in [0.2, 0.25) is 0 Å². The first-order valence-corrected chi connectivity index (χ1v) is 11.2. The second-order valence-electron chi connectivity index (χ2n) is 9.07. The molecule has 2 aliphatic heterocycles. The molecule has 2 fully saturated rings. The van der Waals surface area contributed by atoms with Gasteiger partial charge in [-0.2, -0.15) is 26.3 Å². The first-order chi connectivity index (χ1) is 17.1. The molecule has 0 radical (unpaired) electrons. The maximum Gasteiger partial charge on any atom is 0.490 e. The van der Waals surface area contributed by atoms with Crippen molar-refractivity contribution in [3.8, 4) is 0 Å². The van der Waals surface area contributed by atoms with E-state index in [-0.39, 0.29) is 0 Å². The SMILES string of the molecule is COCC1CCN(C)C2(C1)CN(Cc1cccc3[nH]ccc13)C2.O=C(O)C(F)(F)F.O=C(O)C(F)(F)F. The fourth-order valence-electron chi connectivity index (χ4n) is 4.58. The van der Waals surface area contributed by atoms with E-state index in [9.17, 15) is 26.3 Å². The Bertz CT molecular complexity index is 1030. The number of likely N-dealkylation sites (tertiary alicyclic amines) is 2. The van der Waals surface area contributed by atoms with Crippen molar-refractivity contribution in [2.45, 2.75) is 37.3 Å². The molecular formula is C23H29F6N3O5. The number of hydrogen-bond donors (Lipinski definition) is 3. The number of methoxy groups -OCH3 is 1. The molecule has 0 saturated carbocycles. The van der Waals surface area contributed by atoms with Crippen LogP contribution in [0.4, 0.5) is 26.3 Å². The minimum Gasteiger partial charge on any atom is -0.475 e. The highest BCUT2D eigenvalue weighted by Crippen LogP contribution is 2.39. The van der Waals surface area contributed by atoms with Crippen molar-refractivity contribution < 1.29 is 50.9 Å². The number of likely N-dealkylation sites (N-methyl/N-ethyl adjacent to an activating group) is 1. The number of alkyl halides is 6. The molecule has 4 rings (SSSR count). The van der Waals surface area contributed by atoms with Gasteiger partial charge in [0.1, 0.15) is 0 Å². The average molecular weight is 541 g/mol. The van der Waals surface area contributed by atoms with Gasteiger partial charge in [0, 0.05) is 56.0 Å². The van der Waals surface area contributed by atoms with Crippen LogP contribution in [0.5, 0.6) is 0 Å². The minimum atomic E-state index is -5.08. The van der Waals surface area contributed by atoms with E-state index in [0.717, 1.165) is 19.1 Å². The normalized spacial score (nSPS) is 19.8. The number of hydrogen-bond acceptors (Lipinski definition) is 5. The molecule has 1 spiro atoms. The van der Waals surface area contributed by atoms with Crippen molar-refractivity contribution in [2.24, 2.45) is 5.92 Å². The molecule has 3 heterocycles. The summed E-state index contributed by atoms with van der Waals surface area (Å²) in [5.41, 5.74) is 3.06. The van der Waals surface area contributed by atoms with E-state index in [0.29, 0.717) is 5.54 Å². The minimum absolute atomic E-state index is 0.382. The molecule has 1 unspecified atom stereocenters. The zero-order chi connectivity index (χ0) is 28.0. The molecule has 3 N–H and O–H groups in total. The van der Waals surface area contributed by atoms with Gasteiger partial charge in [-0.05, 0) is 50.0 Å². The van der Waals surface area contributed by atoms with Gasteiger partial charge in [0.05, 0.1) is 0 Å². The molecule has 37 heavy (non-hydrogen) atoms. The zero-order valence-corrected chi connectivity index (χ0v) is 20.2. The number of ether oxygens (including phenoxy) is 1. The van der Waals surface area contributed by atoms with E-state index in [1.807, 2.05) is 13.3 Å². The summed E-state index contributed by atoms with van der Waals surface area (Å²) in [6.07, 6.45) is -5.58. The molecule has 2 aliphatic rings. The van der Waals surface area contributed by atoms with Crippen LogP contribution in [0.1, 0.15) is 18.4 Å². The largest absolute Gasteiger partial charge is 0.490 e. The summed E-state index contributed by atoms with van der Waals surface area (Å²) < 4.78 is 68.9. The Balaban J connectivity index is 0.000000286. The number of nitrogens with one attached hydrogen (secondary N) is 1. The number of carbonyl (C=O) groups is 2. The summed E-state index contributed by atoms with van der Waals surface area (Å²) in [7, 11) is 4.13. The molecule has 1 aromatic heterocycles. The fourth-order valence-corrected chi connectivity index (χ4v) is 4.58. The topological polar surface area (TPSA) is 106 Å². The smallest absolute Gasteiger partial charge is 0.475 e. The average Bonchev–Trinajstić information content (AvgIpc) is 3.24. The Morgan fingerprint density at radius 3 is 2.16 bits per heavy atom. The Labute approximate surface area is 208 Å². The third kappa shape index (κ3) is 8.33. The number of carboxylic acids is 2. The van der Waals surface area contributed by atoms with Crippen molar-refractivity contribution in [3.05, 3.63) is 36.0 Å². The van der Waals surface area contributed by atoms with Crippen molar-refractivity contribution >= 4 is 22.8 Å². The number of aliphatic carboxylic acids is 2. The highest BCUT2D eigenvalue weighted by molar-refractivity contribution is 5.82. The lowest BCUT2D eigenvalue weighted by Crippen LogP contribution is -2.71. The molecule has 1 atom stereocenters. The summed E-state index contributed by atoms with van der Waals surface area (Å²) >= 11 is 0. The maximum absolute atomic E-state index is 10.6. The number of H-pyrrole nitrogens is 1. The van der Waals surface area contributed by atoms with Crippen LogP contribution in [0.25, 0.3) is 10.9 Å². The monoisotopic (exact) mass is 541 g/mol. The number of piperidine rings is 1. The lowest BCUT2D eigenvalue weighted by Gasteiger charge is -2.58. The van der Waals surface area contributed by atoms with Gasteiger partial charge in [0.25, 0.3) is 0 Å². The van der Waals surface area contributed by atoms with Gasteiger partial charge in [-0.25, -0.2) is 9.59 Å². The quantitative estimate of drug-likeness (QED) is 0.503. The fraction of sp³-hybridized carbons (Fsp3) is 0.565. The Hall–Kier alpha value is -2.84. The molecule has 14 heteroatoms. The highest BCUT2D eigenvalue weighted by atomic mass is 19.4. The first-order valence-electron chi connectivity index (χ1n) is 11.2. The molecule has 0 bridgehead atoms. The van der Waals surface area contributed by atoms with E-state index in [4.69, 9.17) is 24.5 Å². The number of fused-ring (bicyclic) bond motifs is 1. The Kier molecular flexibility index (Phi) is 9.97. The van der Waals surface area contributed by atoms with Gasteiger partial charge in [0.15, 0.2) is 0 Å². The molecular weight excluding hydrogens is 512 g/mol. The molecule has 2 saturated heterocycles. The van der Waals surface area contributed by atoms with Crippen LogP contribution in [0, 0.1) is 5.92 Å². The van der Waals surface area contributed by atoms with Gasteiger partial charge in [-0.1, -0.05) is 12.1 Å². The predicted octanol–water partition coefficient (Wildman–Crippen LogP) is 3.98. The number of halogens is 6. The molecule has 0 aliphatic carbocycles. The second kappa shape index (κ2) is 12.1. The molecule has 8 nitrogen and oxygen atoms in total. The number of benzene rings is 1. The lowest BCUT2D eigenvalue weighted by atomic mass is 9.75. The van der Waals surface area contributed by atoms with E-state index in [2.05, 4.69) is 46.1 Å². The van der Waals surface area contributed by atoms with Crippen LogP contribution in [-0.2, 0) is 20.9 Å². The van der Waals surface area contributed by atoms with Gasteiger partial charge in [0.2, 0.25) is 0 Å². The number of aromatic amines is 1. The zero-order valence-electron chi connectivity index (χ0n) is 20.2. The molecule has 208 valence electrons. The first kappa shape index (κ1) is 30.4. The van der Waals surface area contributed by atoms with Crippen LogP contribution in [0.15, 0.2) is 30.5 Å². The number of aromatic nitrogens is 1. The number of nitrogens with zero attached hydrogens (tertiary/aromatic N) is 2. The van der Waals surface area contributed by atoms with Crippen LogP contribution < -0.4 is 0 Å². The van der Waals surface area contributed by atoms with Gasteiger partial charge < -0.3 is 19.9 Å². The summed E-state index contributed by atoms with van der Waals surface area (Å²) in [6.45, 7) is 5.54.